The molecule has 2 rings (SSSR count). The normalized spacial score (nSPS) is 12.2. The Balaban J connectivity index is 2.13. The van der Waals surface area contributed by atoms with E-state index in [0.717, 1.165) is 17.1 Å². The number of nitrogens with zero attached hydrogens (tertiary/aromatic N) is 2. The molecule has 118 valence electrons. The molecule has 22 heavy (non-hydrogen) atoms. The third-order valence-corrected chi connectivity index (χ3v) is 4.19. The molecule has 0 saturated carbocycles. The summed E-state index contributed by atoms with van der Waals surface area (Å²) in [5, 5.41) is 11.0. The SMILES string of the molecule is CNC(C)CNC(=O)c1ccc(-n2nc(C)c(Cl)c2C)cc1. The average Bonchev–Trinajstić information content (AvgIpc) is 2.80. The predicted octanol–water partition coefficient (Wildman–Crippen LogP) is 2.48. The van der Waals surface area contributed by atoms with Gasteiger partial charge in [-0.05, 0) is 52.1 Å². The first-order valence-electron chi connectivity index (χ1n) is 7.21. The summed E-state index contributed by atoms with van der Waals surface area (Å²) < 4.78 is 1.78. The lowest BCUT2D eigenvalue weighted by Crippen LogP contribution is -2.37. The highest BCUT2D eigenvalue weighted by atomic mass is 35.5. The van der Waals surface area contributed by atoms with Crippen molar-refractivity contribution in [2.75, 3.05) is 13.6 Å². The molecule has 1 aromatic heterocycles. The Hall–Kier alpha value is -1.85. The van der Waals surface area contributed by atoms with Gasteiger partial charge in [0.2, 0.25) is 0 Å². The van der Waals surface area contributed by atoms with E-state index in [2.05, 4.69) is 15.7 Å². The van der Waals surface area contributed by atoms with Crippen molar-refractivity contribution >= 4 is 17.5 Å². The van der Waals surface area contributed by atoms with E-state index in [0.29, 0.717) is 17.1 Å². The summed E-state index contributed by atoms with van der Waals surface area (Å²) >= 11 is 6.16. The number of hydrogen-bond donors (Lipinski definition) is 2. The molecule has 0 spiro atoms. The van der Waals surface area contributed by atoms with E-state index >= 15 is 0 Å². The standard InChI is InChI=1S/C16H21ClN4O/c1-10(18-4)9-19-16(22)13-5-7-14(8-6-13)21-12(3)15(17)11(2)20-21/h5-8,10,18H,9H2,1-4H3,(H,19,22). The van der Waals surface area contributed by atoms with Gasteiger partial charge in [-0.25, -0.2) is 4.68 Å². The van der Waals surface area contributed by atoms with E-state index < -0.39 is 0 Å². The van der Waals surface area contributed by atoms with Gasteiger partial charge in [0.05, 0.1) is 22.1 Å². The molecule has 1 atom stereocenters. The summed E-state index contributed by atoms with van der Waals surface area (Å²) in [5.41, 5.74) is 3.19. The van der Waals surface area contributed by atoms with Crippen molar-refractivity contribution in [3.63, 3.8) is 0 Å². The average molecular weight is 321 g/mol. The highest BCUT2D eigenvalue weighted by Gasteiger charge is 2.12. The molecule has 0 radical (unpaired) electrons. The van der Waals surface area contributed by atoms with Gasteiger partial charge in [-0.3, -0.25) is 4.79 Å². The second-order valence-corrected chi connectivity index (χ2v) is 5.72. The zero-order chi connectivity index (χ0) is 16.3. The van der Waals surface area contributed by atoms with E-state index in [-0.39, 0.29) is 11.9 Å². The number of nitrogens with one attached hydrogen (secondary N) is 2. The Morgan fingerprint density at radius 3 is 2.45 bits per heavy atom. The molecule has 5 nitrogen and oxygen atoms in total. The number of hydrogen-bond acceptors (Lipinski definition) is 3. The molecular formula is C16H21ClN4O. The number of aromatic nitrogens is 2. The second kappa shape index (κ2) is 6.94. The van der Waals surface area contributed by atoms with E-state index in [4.69, 9.17) is 11.6 Å². The van der Waals surface area contributed by atoms with Gasteiger partial charge < -0.3 is 10.6 Å². The first-order valence-corrected chi connectivity index (χ1v) is 7.59. The highest BCUT2D eigenvalue weighted by Crippen LogP contribution is 2.22. The Labute approximate surface area is 135 Å². The number of rotatable bonds is 5. The number of carbonyl (C=O) groups excluding carboxylic acids is 1. The van der Waals surface area contributed by atoms with Crippen LogP contribution in [-0.2, 0) is 0 Å². The fraction of sp³-hybridized carbons (Fsp3) is 0.375. The van der Waals surface area contributed by atoms with Crippen molar-refractivity contribution in [2.24, 2.45) is 0 Å². The molecule has 0 fully saturated rings. The monoisotopic (exact) mass is 320 g/mol. The first kappa shape index (κ1) is 16.5. The number of likely N-dealkylation sites (N-methyl/N-ethyl adjacent to an activating group) is 1. The van der Waals surface area contributed by atoms with Crippen molar-refractivity contribution in [2.45, 2.75) is 26.8 Å². The maximum Gasteiger partial charge on any atom is 0.251 e. The first-order chi connectivity index (χ1) is 10.4. The van der Waals surface area contributed by atoms with E-state index in [1.807, 2.05) is 40.0 Å². The van der Waals surface area contributed by atoms with Crippen LogP contribution in [0, 0.1) is 13.8 Å². The summed E-state index contributed by atoms with van der Waals surface area (Å²) in [7, 11) is 1.87. The minimum absolute atomic E-state index is 0.0833. The molecular weight excluding hydrogens is 300 g/mol. The van der Waals surface area contributed by atoms with Crippen LogP contribution in [0.2, 0.25) is 5.02 Å². The van der Waals surface area contributed by atoms with Crippen LogP contribution in [0.4, 0.5) is 0 Å². The molecule has 1 amide bonds. The summed E-state index contributed by atoms with van der Waals surface area (Å²) in [5.74, 6) is -0.0833. The topological polar surface area (TPSA) is 58.9 Å². The van der Waals surface area contributed by atoms with Crippen molar-refractivity contribution < 1.29 is 4.79 Å². The Morgan fingerprint density at radius 2 is 1.95 bits per heavy atom. The van der Waals surface area contributed by atoms with Crippen molar-refractivity contribution in [3.05, 3.63) is 46.2 Å². The van der Waals surface area contributed by atoms with Crippen LogP contribution in [0.25, 0.3) is 5.69 Å². The molecule has 2 N–H and O–H groups in total. The summed E-state index contributed by atoms with van der Waals surface area (Å²) in [6, 6.07) is 7.55. The smallest absolute Gasteiger partial charge is 0.251 e. The van der Waals surface area contributed by atoms with Gasteiger partial charge >= 0.3 is 0 Å². The van der Waals surface area contributed by atoms with Gasteiger partial charge in [0.25, 0.3) is 5.91 Å². The van der Waals surface area contributed by atoms with Gasteiger partial charge in [0.15, 0.2) is 0 Å². The molecule has 0 aliphatic rings. The largest absolute Gasteiger partial charge is 0.350 e. The predicted molar refractivity (Wildman–Crippen MR) is 88.9 cm³/mol. The van der Waals surface area contributed by atoms with Crippen LogP contribution < -0.4 is 10.6 Å². The zero-order valence-corrected chi connectivity index (χ0v) is 14.0. The lowest BCUT2D eigenvalue weighted by molar-refractivity contribution is 0.0950. The summed E-state index contributed by atoms with van der Waals surface area (Å²) in [4.78, 5) is 12.1. The highest BCUT2D eigenvalue weighted by molar-refractivity contribution is 6.31. The summed E-state index contributed by atoms with van der Waals surface area (Å²) in [6.45, 7) is 6.39. The molecule has 0 saturated heterocycles. The number of amides is 1. The molecule has 6 heteroatoms. The van der Waals surface area contributed by atoms with E-state index in [9.17, 15) is 4.79 Å². The van der Waals surface area contributed by atoms with Crippen molar-refractivity contribution in [1.82, 2.24) is 20.4 Å². The van der Waals surface area contributed by atoms with Crippen LogP contribution in [-0.4, -0.2) is 35.3 Å². The Morgan fingerprint density at radius 1 is 1.32 bits per heavy atom. The van der Waals surface area contributed by atoms with Crippen LogP contribution in [0.15, 0.2) is 24.3 Å². The van der Waals surface area contributed by atoms with Gasteiger partial charge in [-0.1, -0.05) is 11.6 Å². The van der Waals surface area contributed by atoms with Crippen LogP contribution in [0.1, 0.15) is 28.7 Å². The molecule has 2 aromatic rings. The Bertz CT molecular complexity index is 664. The zero-order valence-electron chi connectivity index (χ0n) is 13.3. The lowest BCUT2D eigenvalue weighted by atomic mass is 10.2. The van der Waals surface area contributed by atoms with E-state index in [1.54, 1.807) is 16.8 Å². The number of benzene rings is 1. The molecule has 0 aliphatic carbocycles. The molecule has 0 aliphatic heterocycles. The molecule has 0 bridgehead atoms. The fourth-order valence-corrected chi connectivity index (χ4v) is 2.20. The van der Waals surface area contributed by atoms with Crippen LogP contribution in [0.3, 0.4) is 0 Å². The van der Waals surface area contributed by atoms with Gasteiger partial charge in [-0.2, -0.15) is 5.10 Å². The lowest BCUT2D eigenvalue weighted by Gasteiger charge is -2.11. The maximum atomic E-state index is 12.1. The van der Waals surface area contributed by atoms with Crippen molar-refractivity contribution in [3.8, 4) is 5.69 Å². The quantitative estimate of drug-likeness (QED) is 0.890. The third-order valence-electron chi connectivity index (χ3n) is 3.64. The minimum atomic E-state index is -0.0833. The third kappa shape index (κ3) is 3.48. The number of halogens is 1. The maximum absolute atomic E-state index is 12.1. The Kier molecular flexibility index (Phi) is 5.21. The van der Waals surface area contributed by atoms with Crippen molar-refractivity contribution in [1.29, 1.82) is 0 Å². The minimum Gasteiger partial charge on any atom is -0.350 e. The van der Waals surface area contributed by atoms with Crippen LogP contribution in [0.5, 0.6) is 0 Å². The fourth-order valence-electron chi connectivity index (χ4n) is 2.08. The van der Waals surface area contributed by atoms with Gasteiger partial charge in [-0.15, -0.1) is 0 Å². The molecule has 1 heterocycles. The second-order valence-electron chi connectivity index (χ2n) is 5.34. The number of aryl methyl sites for hydroxylation is 1. The molecule has 1 unspecified atom stereocenters. The summed E-state index contributed by atoms with van der Waals surface area (Å²) in [6.07, 6.45) is 0. The molecule has 1 aromatic carbocycles. The van der Waals surface area contributed by atoms with Crippen LogP contribution >= 0.6 is 11.6 Å². The number of carbonyl (C=O) groups is 1. The van der Waals surface area contributed by atoms with Gasteiger partial charge in [0, 0.05) is 18.2 Å². The van der Waals surface area contributed by atoms with Gasteiger partial charge in [0.1, 0.15) is 0 Å². The van der Waals surface area contributed by atoms with E-state index in [1.165, 1.54) is 0 Å².